The Labute approximate surface area is 145 Å². The monoisotopic (exact) mass is 326 g/mol. The second-order valence-electron chi connectivity index (χ2n) is 8.99. The summed E-state index contributed by atoms with van der Waals surface area (Å²) in [7, 11) is 1.72. The summed E-state index contributed by atoms with van der Waals surface area (Å²) in [6.07, 6.45) is 6.48. The normalized spacial score (nSPS) is 32.0. The molecule has 1 heterocycles. The first kappa shape index (κ1) is 16.1. The van der Waals surface area contributed by atoms with E-state index < -0.39 is 0 Å². The van der Waals surface area contributed by atoms with Gasteiger partial charge < -0.3 is 9.15 Å². The maximum Gasteiger partial charge on any atom is 0.138 e. The molecule has 1 aromatic heterocycles. The van der Waals surface area contributed by atoms with E-state index in [1.54, 1.807) is 7.11 Å². The number of rotatable bonds is 1. The molecule has 0 N–H and O–H groups in total. The summed E-state index contributed by atoms with van der Waals surface area (Å²) in [6, 6.07) is 6.36. The lowest BCUT2D eigenvalue weighted by atomic mass is 9.53. The van der Waals surface area contributed by atoms with Crippen LogP contribution in [0.3, 0.4) is 0 Å². The predicted molar refractivity (Wildman–Crippen MR) is 98.9 cm³/mol. The Morgan fingerprint density at radius 3 is 2.67 bits per heavy atom. The molecule has 24 heavy (non-hydrogen) atoms. The van der Waals surface area contributed by atoms with Gasteiger partial charge in [-0.1, -0.05) is 34.1 Å². The van der Waals surface area contributed by atoms with Gasteiger partial charge in [0.15, 0.2) is 0 Å². The van der Waals surface area contributed by atoms with Crippen LogP contribution in [0.25, 0.3) is 11.0 Å². The first-order valence-corrected chi connectivity index (χ1v) is 9.48. The summed E-state index contributed by atoms with van der Waals surface area (Å²) in [4.78, 5) is 0. The minimum absolute atomic E-state index is 0.224. The highest BCUT2D eigenvalue weighted by Gasteiger charge is 2.51. The molecule has 130 valence electrons. The molecule has 1 fully saturated rings. The van der Waals surface area contributed by atoms with E-state index in [-0.39, 0.29) is 5.41 Å². The number of hydrogen-bond donors (Lipinski definition) is 0. The zero-order chi connectivity index (χ0) is 17.1. The summed E-state index contributed by atoms with van der Waals surface area (Å²) >= 11 is 0. The van der Waals surface area contributed by atoms with Crippen LogP contribution in [-0.2, 0) is 5.41 Å². The minimum atomic E-state index is 0.224. The Balaban J connectivity index is 1.98. The fourth-order valence-corrected chi connectivity index (χ4v) is 5.84. The van der Waals surface area contributed by atoms with Crippen molar-refractivity contribution in [1.82, 2.24) is 0 Å². The van der Waals surface area contributed by atoms with Crippen molar-refractivity contribution >= 4 is 11.0 Å². The van der Waals surface area contributed by atoms with Crippen LogP contribution in [-0.4, -0.2) is 7.11 Å². The van der Waals surface area contributed by atoms with Crippen LogP contribution in [0.15, 0.2) is 22.6 Å². The Bertz CT molecular complexity index is 770. The average Bonchev–Trinajstić information content (AvgIpc) is 2.87. The Hall–Kier alpha value is -1.44. The number of benzene rings is 1. The second-order valence-corrected chi connectivity index (χ2v) is 8.99. The highest BCUT2D eigenvalue weighted by molar-refractivity contribution is 5.85. The molecule has 1 saturated carbocycles. The smallest absolute Gasteiger partial charge is 0.138 e. The topological polar surface area (TPSA) is 22.4 Å². The highest BCUT2D eigenvalue weighted by atomic mass is 16.5. The zero-order valence-electron chi connectivity index (χ0n) is 15.7. The van der Waals surface area contributed by atoms with E-state index in [4.69, 9.17) is 9.15 Å². The van der Waals surface area contributed by atoms with E-state index in [0.29, 0.717) is 11.3 Å². The van der Waals surface area contributed by atoms with Gasteiger partial charge in [0, 0.05) is 22.9 Å². The summed E-state index contributed by atoms with van der Waals surface area (Å²) in [5, 5.41) is 1.31. The Morgan fingerprint density at radius 2 is 1.92 bits per heavy atom. The predicted octanol–water partition coefficient (Wildman–Crippen LogP) is 6.42. The molecule has 0 bridgehead atoms. The zero-order valence-corrected chi connectivity index (χ0v) is 15.7. The molecular formula is C22H30O2. The van der Waals surface area contributed by atoms with Gasteiger partial charge in [0.25, 0.3) is 0 Å². The van der Waals surface area contributed by atoms with Crippen LogP contribution < -0.4 is 4.74 Å². The third-order valence-corrected chi connectivity index (χ3v) is 7.06. The van der Waals surface area contributed by atoms with Gasteiger partial charge in [0.1, 0.15) is 17.1 Å². The molecule has 0 aliphatic heterocycles. The minimum Gasteiger partial charge on any atom is -0.497 e. The fraction of sp³-hybridized carbons (Fsp3) is 0.636. The van der Waals surface area contributed by atoms with E-state index in [9.17, 15) is 0 Å². The largest absolute Gasteiger partial charge is 0.497 e. The van der Waals surface area contributed by atoms with Crippen molar-refractivity contribution in [2.24, 2.45) is 11.3 Å². The molecule has 2 nitrogen and oxygen atoms in total. The fourth-order valence-electron chi connectivity index (χ4n) is 5.84. The maximum atomic E-state index is 6.43. The molecule has 0 radical (unpaired) electrons. The van der Waals surface area contributed by atoms with E-state index in [1.807, 2.05) is 0 Å². The summed E-state index contributed by atoms with van der Waals surface area (Å²) < 4.78 is 11.8. The number of methoxy groups -OCH3 is 1. The van der Waals surface area contributed by atoms with Gasteiger partial charge in [-0.25, -0.2) is 0 Å². The van der Waals surface area contributed by atoms with Gasteiger partial charge in [-0.15, -0.1) is 0 Å². The quantitative estimate of drug-likeness (QED) is 0.603. The molecule has 0 unspecified atom stereocenters. The van der Waals surface area contributed by atoms with Crippen LogP contribution in [0, 0.1) is 11.3 Å². The van der Waals surface area contributed by atoms with Crippen LogP contribution in [0.2, 0.25) is 0 Å². The standard InChI is InChI=1S/C22H30O2/c1-14-7-10-18-21(2,3)11-6-12-22(18,4)19-16-9-8-15(23-5)13-17(16)24-20(14)19/h8-9,13-14,18H,6-7,10-12H2,1-5H3/t14-,18+,22+/m1/s1. The number of fused-ring (bicyclic) bond motifs is 5. The maximum absolute atomic E-state index is 6.43. The number of ether oxygens (including phenoxy) is 1. The molecule has 0 spiro atoms. The lowest BCUT2D eigenvalue weighted by Crippen LogP contribution is -2.44. The van der Waals surface area contributed by atoms with Gasteiger partial charge in [-0.05, 0) is 54.6 Å². The van der Waals surface area contributed by atoms with Gasteiger partial charge >= 0.3 is 0 Å². The lowest BCUT2D eigenvalue weighted by molar-refractivity contribution is 0.0504. The van der Waals surface area contributed by atoms with Gasteiger partial charge in [-0.3, -0.25) is 0 Å². The highest BCUT2D eigenvalue weighted by Crippen LogP contribution is 2.59. The Kier molecular flexibility index (Phi) is 3.53. The molecule has 2 aromatic rings. The molecule has 2 heteroatoms. The number of furan rings is 1. The van der Waals surface area contributed by atoms with E-state index >= 15 is 0 Å². The molecule has 0 saturated heterocycles. The van der Waals surface area contributed by atoms with E-state index in [1.165, 1.54) is 48.8 Å². The van der Waals surface area contributed by atoms with Crippen molar-refractivity contribution < 1.29 is 9.15 Å². The summed E-state index contributed by atoms with van der Waals surface area (Å²) in [5.74, 6) is 3.34. The van der Waals surface area contributed by atoms with Crippen molar-refractivity contribution in [3.8, 4) is 5.75 Å². The molecule has 2 aliphatic carbocycles. The van der Waals surface area contributed by atoms with Crippen molar-refractivity contribution in [2.45, 2.75) is 71.1 Å². The third-order valence-electron chi connectivity index (χ3n) is 7.06. The second kappa shape index (κ2) is 5.28. The lowest BCUT2D eigenvalue weighted by Gasteiger charge is -2.50. The van der Waals surface area contributed by atoms with Crippen molar-refractivity contribution in [3.05, 3.63) is 29.5 Å². The van der Waals surface area contributed by atoms with Crippen LogP contribution in [0.4, 0.5) is 0 Å². The molecular weight excluding hydrogens is 296 g/mol. The average molecular weight is 326 g/mol. The molecule has 1 aromatic carbocycles. The number of hydrogen-bond acceptors (Lipinski definition) is 2. The van der Waals surface area contributed by atoms with Crippen LogP contribution >= 0.6 is 0 Å². The van der Waals surface area contributed by atoms with Gasteiger partial charge in [-0.2, -0.15) is 0 Å². The summed E-state index contributed by atoms with van der Waals surface area (Å²) in [5.41, 5.74) is 3.13. The van der Waals surface area contributed by atoms with E-state index in [2.05, 4.69) is 45.9 Å². The first-order valence-electron chi connectivity index (χ1n) is 9.48. The van der Waals surface area contributed by atoms with Crippen molar-refractivity contribution in [2.75, 3.05) is 7.11 Å². The molecule has 3 atom stereocenters. The van der Waals surface area contributed by atoms with Gasteiger partial charge in [0.05, 0.1) is 7.11 Å². The van der Waals surface area contributed by atoms with Crippen LogP contribution in [0.1, 0.15) is 77.0 Å². The van der Waals surface area contributed by atoms with Crippen molar-refractivity contribution in [3.63, 3.8) is 0 Å². The summed E-state index contributed by atoms with van der Waals surface area (Å²) in [6.45, 7) is 9.81. The first-order chi connectivity index (χ1) is 11.4. The molecule has 2 aliphatic rings. The van der Waals surface area contributed by atoms with Crippen LogP contribution in [0.5, 0.6) is 5.75 Å². The SMILES string of the molecule is COc1ccc2c3c(oc2c1)[C@H](C)CC[C@H]1C(C)(C)CCC[C@]31C. The van der Waals surface area contributed by atoms with Crippen molar-refractivity contribution in [1.29, 1.82) is 0 Å². The Morgan fingerprint density at radius 1 is 1.12 bits per heavy atom. The molecule has 4 rings (SSSR count). The third kappa shape index (κ3) is 2.14. The van der Waals surface area contributed by atoms with E-state index in [0.717, 1.165) is 17.3 Å². The molecule has 0 amide bonds. The van der Waals surface area contributed by atoms with Gasteiger partial charge in [0.2, 0.25) is 0 Å².